The highest BCUT2D eigenvalue weighted by atomic mass is 19.1. The lowest BCUT2D eigenvalue weighted by molar-refractivity contribution is -0.0751. The Hall–Kier alpha value is -1.13. The molecule has 0 bridgehead atoms. The molecule has 0 radical (unpaired) electrons. The fraction of sp³-hybridized carbons (Fsp3) is 0.625. The molecule has 20 heavy (non-hydrogen) atoms. The number of rotatable bonds is 4. The molecule has 1 aliphatic rings. The number of hydrogen-bond acceptors (Lipinski definition) is 3. The average molecular weight is 280 g/mol. The molecule has 1 aliphatic heterocycles. The van der Waals surface area contributed by atoms with Crippen LogP contribution in [0.25, 0.3) is 0 Å². The van der Waals surface area contributed by atoms with Crippen molar-refractivity contribution in [3.05, 3.63) is 29.6 Å². The van der Waals surface area contributed by atoms with E-state index in [9.17, 15) is 4.39 Å². The first kappa shape index (κ1) is 15.3. The van der Waals surface area contributed by atoms with Crippen LogP contribution in [0.5, 0.6) is 0 Å². The molecule has 0 spiro atoms. The van der Waals surface area contributed by atoms with Crippen molar-refractivity contribution < 1.29 is 9.13 Å². The van der Waals surface area contributed by atoms with E-state index < -0.39 is 0 Å². The van der Waals surface area contributed by atoms with Crippen LogP contribution >= 0.6 is 0 Å². The van der Waals surface area contributed by atoms with Gasteiger partial charge in [-0.25, -0.2) is 4.39 Å². The first-order valence-corrected chi connectivity index (χ1v) is 7.33. The van der Waals surface area contributed by atoms with Gasteiger partial charge in [-0.3, -0.25) is 0 Å². The van der Waals surface area contributed by atoms with E-state index in [4.69, 9.17) is 4.74 Å². The van der Waals surface area contributed by atoms with Crippen molar-refractivity contribution in [2.24, 2.45) is 0 Å². The molecule has 1 fully saturated rings. The van der Waals surface area contributed by atoms with E-state index in [0.29, 0.717) is 18.8 Å². The quantitative estimate of drug-likeness (QED) is 0.917. The molecule has 0 saturated carbocycles. The van der Waals surface area contributed by atoms with E-state index in [1.807, 2.05) is 39.8 Å². The average Bonchev–Trinajstić information content (AvgIpc) is 2.33. The summed E-state index contributed by atoms with van der Waals surface area (Å²) in [6, 6.07) is 5.51. The Bertz CT molecular complexity index is 462. The van der Waals surface area contributed by atoms with Gasteiger partial charge in [0.05, 0.1) is 17.4 Å². The Kier molecular flexibility index (Phi) is 4.66. The fourth-order valence-corrected chi connectivity index (χ4v) is 2.82. The van der Waals surface area contributed by atoms with Crippen molar-refractivity contribution in [2.75, 3.05) is 24.5 Å². The van der Waals surface area contributed by atoms with Crippen molar-refractivity contribution in [3.63, 3.8) is 0 Å². The van der Waals surface area contributed by atoms with E-state index in [1.165, 1.54) is 0 Å². The van der Waals surface area contributed by atoms with Crippen molar-refractivity contribution in [1.82, 2.24) is 5.32 Å². The summed E-state index contributed by atoms with van der Waals surface area (Å²) in [5, 5.41) is 3.21. The minimum Gasteiger partial charge on any atom is -0.369 e. The highest BCUT2D eigenvalue weighted by Gasteiger charge is 2.32. The summed E-state index contributed by atoms with van der Waals surface area (Å²) in [6.45, 7) is 11.2. The van der Waals surface area contributed by atoms with Gasteiger partial charge in [-0.2, -0.15) is 0 Å². The second-order valence-electron chi connectivity index (χ2n) is 6.13. The van der Waals surface area contributed by atoms with Gasteiger partial charge in [-0.05, 0) is 45.0 Å². The third kappa shape index (κ3) is 3.70. The molecular formula is C16H25FN2O. The fourth-order valence-electron chi connectivity index (χ4n) is 2.82. The molecule has 112 valence electrons. The Morgan fingerprint density at radius 3 is 2.80 bits per heavy atom. The lowest BCUT2D eigenvalue weighted by Gasteiger charge is -2.43. The lowest BCUT2D eigenvalue weighted by atomic mass is 10.0. The Morgan fingerprint density at radius 2 is 2.20 bits per heavy atom. The number of halogens is 1. The van der Waals surface area contributed by atoms with Crippen molar-refractivity contribution in [1.29, 1.82) is 0 Å². The predicted octanol–water partition coefficient (Wildman–Crippen LogP) is 2.94. The normalized spacial score (nSPS) is 22.1. The summed E-state index contributed by atoms with van der Waals surface area (Å²) in [7, 11) is 0. The van der Waals surface area contributed by atoms with Crippen LogP contribution in [0.4, 0.5) is 10.1 Å². The number of nitrogens with one attached hydrogen (secondary N) is 1. The monoisotopic (exact) mass is 280 g/mol. The zero-order valence-electron chi connectivity index (χ0n) is 12.9. The Balaban J connectivity index is 2.16. The molecule has 0 amide bonds. The van der Waals surface area contributed by atoms with Gasteiger partial charge >= 0.3 is 0 Å². The largest absolute Gasteiger partial charge is 0.369 e. The minimum atomic E-state index is -0.244. The highest BCUT2D eigenvalue weighted by Crippen LogP contribution is 2.28. The summed E-state index contributed by atoms with van der Waals surface area (Å²) in [5.74, 6) is -0.148. The molecule has 1 aromatic carbocycles. The summed E-state index contributed by atoms with van der Waals surface area (Å²) >= 11 is 0. The number of benzene rings is 1. The van der Waals surface area contributed by atoms with Gasteiger partial charge < -0.3 is 15.0 Å². The SMILES string of the molecule is CCNCc1ccc(N2CC(C)OC(C)(C)C2)c(F)c1. The van der Waals surface area contributed by atoms with Crippen LogP contribution in [0, 0.1) is 5.82 Å². The maximum absolute atomic E-state index is 14.3. The smallest absolute Gasteiger partial charge is 0.146 e. The van der Waals surface area contributed by atoms with Crippen LogP contribution in [0.2, 0.25) is 0 Å². The molecule has 1 unspecified atom stereocenters. The zero-order valence-corrected chi connectivity index (χ0v) is 12.9. The molecule has 1 aromatic rings. The number of ether oxygens (including phenoxy) is 1. The molecule has 0 aromatic heterocycles. The van der Waals surface area contributed by atoms with Gasteiger partial charge in [0, 0.05) is 19.6 Å². The minimum absolute atomic E-state index is 0.111. The molecule has 1 saturated heterocycles. The molecule has 1 atom stereocenters. The molecule has 3 nitrogen and oxygen atoms in total. The van der Waals surface area contributed by atoms with Crippen molar-refractivity contribution in [2.45, 2.75) is 45.9 Å². The number of hydrogen-bond donors (Lipinski definition) is 1. The van der Waals surface area contributed by atoms with E-state index >= 15 is 0 Å². The van der Waals surface area contributed by atoms with Gasteiger partial charge in [-0.15, -0.1) is 0 Å². The maximum atomic E-state index is 14.3. The van der Waals surface area contributed by atoms with Gasteiger partial charge in [0.1, 0.15) is 5.82 Å². The highest BCUT2D eigenvalue weighted by molar-refractivity contribution is 5.50. The Labute approximate surface area is 121 Å². The Morgan fingerprint density at radius 1 is 1.45 bits per heavy atom. The van der Waals surface area contributed by atoms with E-state index in [0.717, 1.165) is 18.7 Å². The molecule has 1 N–H and O–H groups in total. The zero-order chi connectivity index (χ0) is 14.8. The van der Waals surface area contributed by atoms with Gasteiger partial charge in [0.15, 0.2) is 0 Å². The third-order valence-electron chi connectivity index (χ3n) is 3.50. The first-order valence-electron chi connectivity index (χ1n) is 7.33. The van der Waals surface area contributed by atoms with Gasteiger partial charge in [0.2, 0.25) is 0 Å². The van der Waals surface area contributed by atoms with E-state index in [1.54, 1.807) is 6.07 Å². The van der Waals surface area contributed by atoms with Gasteiger partial charge in [0.25, 0.3) is 0 Å². The maximum Gasteiger partial charge on any atom is 0.146 e. The van der Waals surface area contributed by atoms with Gasteiger partial charge in [-0.1, -0.05) is 13.0 Å². The molecule has 0 aliphatic carbocycles. The summed E-state index contributed by atoms with van der Waals surface area (Å²) in [6.07, 6.45) is 0.111. The van der Waals surface area contributed by atoms with E-state index in [2.05, 4.69) is 10.2 Å². The lowest BCUT2D eigenvalue weighted by Crippen LogP contribution is -2.52. The van der Waals surface area contributed by atoms with Crippen molar-refractivity contribution >= 4 is 5.69 Å². The standard InChI is InChI=1S/C16H25FN2O/c1-5-18-9-13-6-7-15(14(17)8-13)19-10-12(2)20-16(3,4)11-19/h6-8,12,18H,5,9-11H2,1-4H3. The van der Waals surface area contributed by atoms with E-state index in [-0.39, 0.29) is 17.5 Å². The van der Waals surface area contributed by atoms with Crippen LogP contribution in [-0.2, 0) is 11.3 Å². The summed E-state index contributed by atoms with van der Waals surface area (Å²) < 4.78 is 20.2. The molecule has 2 rings (SSSR count). The second kappa shape index (κ2) is 6.10. The van der Waals surface area contributed by atoms with Crippen LogP contribution in [-0.4, -0.2) is 31.3 Å². The number of anilines is 1. The molecule has 1 heterocycles. The molecule has 4 heteroatoms. The third-order valence-corrected chi connectivity index (χ3v) is 3.50. The molecular weight excluding hydrogens is 255 g/mol. The topological polar surface area (TPSA) is 24.5 Å². The second-order valence-corrected chi connectivity index (χ2v) is 6.13. The van der Waals surface area contributed by atoms with Crippen LogP contribution in [0.1, 0.15) is 33.3 Å². The predicted molar refractivity (Wildman–Crippen MR) is 80.6 cm³/mol. The number of morpholine rings is 1. The first-order chi connectivity index (χ1) is 9.41. The van der Waals surface area contributed by atoms with Crippen LogP contribution in [0.15, 0.2) is 18.2 Å². The summed E-state index contributed by atoms with van der Waals surface area (Å²) in [5.41, 5.74) is 1.41. The van der Waals surface area contributed by atoms with Crippen molar-refractivity contribution in [3.8, 4) is 0 Å². The summed E-state index contributed by atoms with van der Waals surface area (Å²) in [4.78, 5) is 2.08. The number of nitrogens with zero attached hydrogens (tertiary/aromatic N) is 1. The van der Waals surface area contributed by atoms with Crippen LogP contribution < -0.4 is 10.2 Å². The van der Waals surface area contributed by atoms with Crippen LogP contribution in [0.3, 0.4) is 0 Å².